The molecule has 0 aliphatic rings. The molecule has 1 aromatic heterocycles. The van der Waals surface area contributed by atoms with Gasteiger partial charge in [0.05, 0.1) is 23.1 Å². The van der Waals surface area contributed by atoms with Crippen molar-refractivity contribution in [3.8, 4) is 5.88 Å². The average Bonchev–Trinajstić information content (AvgIpc) is 2.43. The number of rotatable bonds is 6. The first kappa shape index (κ1) is 13.0. The lowest BCUT2D eigenvalue weighted by atomic mass is 10.1. The van der Waals surface area contributed by atoms with Crippen molar-refractivity contribution in [2.45, 2.75) is 12.8 Å². The number of fused-ring (bicyclic) bond motifs is 1. The minimum atomic E-state index is -0.978. The standard InChI is InChI=1S/C14H14N2O3/c1-2-3-4-7-19-13-11-6-5-10(14(17)18)8-12(11)15-9-16-13/h2,5-6,8-9H,1,3-4,7H2,(H,17,18). The van der Waals surface area contributed by atoms with E-state index in [0.29, 0.717) is 23.4 Å². The molecule has 0 amide bonds. The van der Waals surface area contributed by atoms with Crippen molar-refractivity contribution in [1.29, 1.82) is 0 Å². The van der Waals surface area contributed by atoms with E-state index in [1.807, 2.05) is 6.08 Å². The van der Waals surface area contributed by atoms with E-state index in [9.17, 15) is 4.79 Å². The predicted octanol–water partition coefficient (Wildman–Crippen LogP) is 2.67. The summed E-state index contributed by atoms with van der Waals surface area (Å²) in [7, 11) is 0. The van der Waals surface area contributed by atoms with Crippen LogP contribution in [0.15, 0.2) is 37.2 Å². The molecule has 1 N–H and O–H groups in total. The Hall–Kier alpha value is -2.43. The molecule has 0 fully saturated rings. The van der Waals surface area contributed by atoms with Crippen molar-refractivity contribution in [2.75, 3.05) is 6.61 Å². The van der Waals surface area contributed by atoms with Gasteiger partial charge in [0, 0.05) is 0 Å². The first-order chi connectivity index (χ1) is 9.22. The zero-order valence-electron chi connectivity index (χ0n) is 10.4. The Morgan fingerprint density at radius 3 is 3.00 bits per heavy atom. The van der Waals surface area contributed by atoms with E-state index in [2.05, 4.69) is 16.5 Å². The highest BCUT2D eigenvalue weighted by Gasteiger charge is 2.08. The molecule has 0 bridgehead atoms. The van der Waals surface area contributed by atoms with Gasteiger partial charge in [-0.25, -0.2) is 14.8 Å². The zero-order valence-corrected chi connectivity index (χ0v) is 10.4. The Morgan fingerprint density at radius 1 is 1.42 bits per heavy atom. The van der Waals surface area contributed by atoms with Gasteiger partial charge in [0.25, 0.3) is 0 Å². The number of carboxylic acids is 1. The normalized spacial score (nSPS) is 10.3. The molecule has 0 atom stereocenters. The van der Waals surface area contributed by atoms with Crippen LogP contribution in [0.1, 0.15) is 23.2 Å². The van der Waals surface area contributed by atoms with Crippen molar-refractivity contribution in [1.82, 2.24) is 9.97 Å². The van der Waals surface area contributed by atoms with Gasteiger partial charge in [-0.2, -0.15) is 0 Å². The van der Waals surface area contributed by atoms with Crippen molar-refractivity contribution < 1.29 is 14.6 Å². The molecule has 5 heteroatoms. The minimum absolute atomic E-state index is 0.198. The quantitative estimate of drug-likeness (QED) is 0.637. The van der Waals surface area contributed by atoms with Gasteiger partial charge in [-0.1, -0.05) is 6.08 Å². The highest BCUT2D eigenvalue weighted by Crippen LogP contribution is 2.22. The number of aromatic nitrogens is 2. The zero-order chi connectivity index (χ0) is 13.7. The van der Waals surface area contributed by atoms with Gasteiger partial charge in [-0.15, -0.1) is 6.58 Å². The molecule has 98 valence electrons. The summed E-state index contributed by atoms with van der Waals surface area (Å²) >= 11 is 0. The minimum Gasteiger partial charge on any atom is -0.478 e. The maximum atomic E-state index is 10.9. The summed E-state index contributed by atoms with van der Waals surface area (Å²) in [4.78, 5) is 19.0. The van der Waals surface area contributed by atoms with Gasteiger partial charge in [-0.3, -0.25) is 0 Å². The van der Waals surface area contributed by atoms with E-state index < -0.39 is 5.97 Å². The summed E-state index contributed by atoms with van der Waals surface area (Å²) in [5, 5.41) is 9.64. The second-order valence-electron chi connectivity index (χ2n) is 4.00. The number of unbranched alkanes of at least 4 members (excludes halogenated alkanes) is 1. The Morgan fingerprint density at radius 2 is 2.26 bits per heavy atom. The lowest BCUT2D eigenvalue weighted by Crippen LogP contribution is -2.01. The maximum absolute atomic E-state index is 10.9. The summed E-state index contributed by atoms with van der Waals surface area (Å²) in [5.41, 5.74) is 0.762. The summed E-state index contributed by atoms with van der Waals surface area (Å²) in [5.74, 6) is -0.500. The highest BCUT2D eigenvalue weighted by atomic mass is 16.5. The summed E-state index contributed by atoms with van der Waals surface area (Å²) in [6.45, 7) is 4.19. The number of nitrogens with zero attached hydrogens (tertiary/aromatic N) is 2. The molecular weight excluding hydrogens is 244 g/mol. The summed E-state index contributed by atoms with van der Waals surface area (Å²) in [6, 6.07) is 4.70. The SMILES string of the molecule is C=CCCCOc1ncnc2cc(C(=O)O)ccc12. The van der Waals surface area contributed by atoms with E-state index in [-0.39, 0.29) is 5.56 Å². The van der Waals surface area contributed by atoms with Crippen LogP contribution in [0.25, 0.3) is 10.9 Å². The Kier molecular flexibility index (Phi) is 4.07. The number of hydrogen-bond donors (Lipinski definition) is 1. The molecule has 0 radical (unpaired) electrons. The average molecular weight is 258 g/mol. The molecular formula is C14H14N2O3. The number of aromatic carboxylic acids is 1. The molecule has 1 heterocycles. The number of carbonyl (C=O) groups is 1. The second-order valence-corrected chi connectivity index (χ2v) is 4.00. The number of allylic oxidation sites excluding steroid dienone is 1. The largest absolute Gasteiger partial charge is 0.478 e. The molecule has 0 saturated heterocycles. The van der Waals surface area contributed by atoms with Gasteiger partial charge in [0.2, 0.25) is 5.88 Å². The highest BCUT2D eigenvalue weighted by molar-refractivity contribution is 5.94. The number of benzene rings is 1. The van der Waals surface area contributed by atoms with Crippen molar-refractivity contribution >= 4 is 16.9 Å². The fourth-order valence-corrected chi connectivity index (χ4v) is 1.68. The van der Waals surface area contributed by atoms with Crippen LogP contribution in [-0.2, 0) is 0 Å². The molecule has 2 aromatic rings. The second kappa shape index (κ2) is 5.95. The third-order valence-electron chi connectivity index (χ3n) is 2.64. The predicted molar refractivity (Wildman–Crippen MR) is 71.4 cm³/mol. The number of carboxylic acid groups (broad SMARTS) is 1. The van der Waals surface area contributed by atoms with Gasteiger partial charge >= 0.3 is 5.97 Å². The topological polar surface area (TPSA) is 72.3 Å². The van der Waals surface area contributed by atoms with Gasteiger partial charge in [0.15, 0.2) is 0 Å². The molecule has 0 aliphatic heterocycles. The molecule has 0 unspecified atom stereocenters. The van der Waals surface area contributed by atoms with Crippen molar-refractivity contribution in [3.05, 3.63) is 42.7 Å². The molecule has 0 saturated carbocycles. The van der Waals surface area contributed by atoms with E-state index in [1.165, 1.54) is 18.5 Å². The van der Waals surface area contributed by atoms with Crippen LogP contribution in [0, 0.1) is 0 Å². The summed E-state index contributed by atoms with van der Waals surface area (Å²) < 4.78 is 5.58. The maximum Gasteiger partial charge on any atom is 0.335 e. The van der Waals surface area contributed by atoms with Crippen LogP contribution in [0.5, 0.6) is 5.88 Å². The first-order valence-electron chi connectivity index (χ1n) is 5.94. The van der Waals surface area contributed by atoms with Crippen LogP contribution in [0.4, 0.5) is 0 Å². The Balaban J connectivity index is 2.25. The Bertz CT molecular complexity index is 611. The monoisotopic (exact) mass is 258 g/mol. The molecule has 0 aliphatic carbocycles. The van der Waals surface area contributed by atoms with Gasteiger partial charge in [-0.05, 0) is 31.0 Å². The van der Waals surface area contributed by atoms with E-state index >= 15 is 0 Å². The smallest absolute Gasteiger partial charge is 0.335 e. The first-order valence-corrected chi connectivity index (χ1v) is 5.94. The van der Waals surface area contributed by atoms with Crippen LogP contribution in [-0.4, -0.2) is 27.7 Å². The molecule has 0 spiro atoms. The number of ether oxygens (including phenoxy) is 1. The van der Waals surface area contributed by atoms with Crippen LogP contribution < -0.4 is 4.74 Å². The summed E-state index contributed by atoms with van der Waals surface area (Å²) in [6.07, 6.45) is 4.95. The lowest BCUT2D eigenvalue weighted by Gasteiger charge is -2.07. The van der Waals surface area contributed by atoms with Gasteiger partial charge in [0.1, 0.15) is 6.33 Å². The van der Waals surface area contributed by atoms with E-state index in [4.69, 9.17) is 9.84 Å². The Labute approximate surface area is 110 Å². The third-order valence-corrected chi connectivity index (χ3v) is 2.64. The molecule has 1 aromatic carbocycles. The fraction of sp³-hybridized carbons (Fsp3) is 0.214. The van der Waals surface area contributed by atoms with Crippen LogP contribution >= 0.6 is 0 Å². The number of hydrogen-bond acceptors (Lipinski definition) is 4. The van der Waals surface area contributed by atoms with Crippen LogP contribution in [0.2, 0.25) is 0 Å². The van der Waals surface area contributed by atoms with Crippen molar-refractivity contribution in [3.63, 3.8) is 0 Å². The van der Waals surface area contributed by atoms with E-state index in [1.54, 1.807) is 6.07 Å². The molecule has 2 rings (SSSR count). The third kappa shape index (κ3) is 3.07. The molecule has 5 nitrogen and oxygen atoms in total. The fourth-order valence-electron chi connectivity index (χ4n) is 1.68. The van der Waals surface area contributed by atoms with Crippen LogP contribution in [0.3, 0.4) is 0 Å². The van der Waals surface area contributed by atoms with E-state index in [0.717, 1.165) is 12.8 Å². The van der Waals surface area contributed by atoms with Crippen molar-refractivity contribution in [2.24, 2.45) is 0 Å². The molecule has 19 heavy (non-hydrogen) atoms. The lowest BCUT2D eigenvalue weighted by molar-refractivity contribution is 0.0697. The van der Waals surface area contributed by atoms with Gasteiger partial charge < -0.3 is 9.84 Å².